The number of benzene rings is 5. The number of carbonyl (C=O) groups excluding carboxylic acids is 1. The first-order valence-electron chi connectivity index (χ1n) is 13.8. The Morgan fingerprint density at radius 3 is 2.34 bits per heavy atom. The second kappa shape index (κ2) is 9.66. The van der Waals surface area contributed by atoms with Gasteiger partial charge in [0.05, 0.1) is 5.69 Å². The summed E-state index contributed by atoms with van der Waals surface area (Å²) in [7, 11) is 0. The van der Waals surface area contributed by atoms with Gasteiger partial charge in [-0.25, -0.2) is 0 Å². The fourth-order valence-electron chi connectivity index (χ4n) is 6.29. The Balaban J connectivity index is 0.984. The molecule has 190 valence electrons. The first-order chi connectivity index (χ1) is 18.7. The number of allylic oxidation sites excluding steroid dienone is 1. The molecule has 0 radical (unpaired) electrons. The van der Waals surface area contributed by atoms with Gasteiger partial charge in [0.2, 0.25) is 5.91 Å². The molecule has 1 saturated carbocycles. The molecule has 1 aliphatic heterocycles. The standard InChI is InChI=1S/C33H32N4O/c38-31(34-27-16-18-28(19-17-27)37-21-30(35-36-37)23-5-1-2-6-23)10-4-7-22-11-12-26-14-13-24-8-3-9-25-15-20-29(22)33(26)32(24)25/h3,8-9,11-21,23,35-36H,1-2,4-7,10H2,(H,34,38). The molecule has 5 aromatic carbocycles. The van der Waals surface area contributed by atoms with Gasteiger partial charge in [0.25, 0.3) is 0 Å². The Bertz CT molecular complexity index is 1630. The summed E-state index contributed by atoms with van der Waals surface area (Å²) < 4.78 is 0. The van der Waals surface area contributed by atoms with E-state index in [-0.39, 0.29) is 5.91 Å². The van der Waals surface area contributed by atoms with Crippen LogP contribution in [0, 0.1) is 5.92 Å². The van der Waals surface area contributed by atoms with Gasteiger partial charge >= 0.3 is 0 Å². The molecule has 2 aliphatic rings. The third-order valence-corrected chi connectivity index (χ3v) is 8.28. The molecule has 0 bridgehead atoms. The smallest absolute Gasteiger partial charge is 0.224 e. The van der Waals surface area contributed by atoms with Crippen molar-refractivity contribution in [2.45, 2.75) is 44.9 Å². The Labute approximate surface area is 222 Å². The molecule has 0 atom stereocenters. The third-order valence-electron chi connectivity index (χ3n) is 8.28. The highest BCUT2D eigenvalue weighted by Gasteiger charge is 2.24. The van der Waals surface area contributed by atoms with Crippen LogP contribution in [0.2, 0.25) is 0 Å². The van der Waals surface area contributed by atoms with Crippen LogP contribution in [-0.4, -0.2) is 5.91 Å². The van der Waals surface area contributed by atoms with Crippen LogP contribution in [0.15, 0.2) is 90.8 Å². The summed E-state index contributed by atoms with van der Waals surface area (Å²) >= 11 is 0. The van der Waals surface area contributed by atoms with E-state index in [1.54, 1.807) is 0 Å². The molecule has 3 N–H and O–H groups in total. The monoisotopic (exact) mass is 500 g/mol. The number of carbonyl (C=O) groups is 1. The maximum absolute atomic E-state index is 12.7. The van der Waals surface area contributed by atoms with E-state index < -0.39 is 0 Å². The number of hydrogen-bond acceptors (Lipinski definition) is 4. The summed E-state index contributed by atoms with van der Waals surface area (Å²) in [5.74, 6) is 0.687. The highest BCUT2D eigenvalue weighted by Crippen LogP contribution is 2.36. The lowest BCUT2D eigenvalue weighted by Crippen LogP contribution is -2.37. The topological polar surface area (TPSA) is 56.4 Å². The van der Waals surface area contributed by atoms with Crippen LogP contribution in [0.1, 0.15) is 44.1 Å². The lowest BCUT2D eigenvalue weighted by Gasteiger charge is -2.16. The van der Waals surface area contributed by atoms with E-state index in [1.807, 2.05) is 29.3 Å². The number of nitrogens with zero attached hydrogens (tertiary/aromatic N) is 1. The number of anilines is 2. The third kappa shape index (κ3) is 4.23. The lowest BCUT2D eigenvalue weighted by molar-refractivity contribution is -0.116. The predicted molar refractivity (Wildman–Crippen MR) is 157 cm³/mol. The van der Waals surface area contributed by atoms with Crippen molar-refractivity contribution < 1.29 is 4.79 Å². The molecule has 0 unspecified atom stereocenters. The van der Waals surface area contributed by atoms with Gasteiger partial charge in [0.15, 0.2) is 0 Å². The highest BCUT2D eigenvalue weighted by molar-refractivity contribution is 6.23. The molecule has 5 aromatic rings. The average Bonchev–Trinajstić information content (AvgIpc) is 3.66. The second-order valence-corrected chi connectivity index (χ2v) is 10.7. The summed E-state index contributed by atoms with van der Waals surface area (Å²) in [5, 5.41) is 12.9. The van der Waals surface area contributed by atoms with Crippen molar-refractivity contribution in [1.29, 1.82) is 0 Å². The molecule has 0 saturated heterocycles. The molecule has 1 fully saturated rings. The van der Waals surface area contributed by atoms with E-state index in [0.717, 1.165) is 24.2 Å². The van der Waals surface area contributed by atoms with Crippen molar-refractivity contribution >= 4 is 49.6 Å². The molecule has 1 aliphatic carbocycles. The maximum atomic E-state index is 12.7. The van der Waals surface area contributed by atoms with E-state index in [9.17, 15) is 4.79 Å². The fraction of sp³-hybridized carbons (Fsp3) is 0.242. The van der Waals surface area contributed by atoms with E-state index in [2.05, 4.69) is 77.1 Å². The van der Waals surface area contributed by atoms with Gasteiger partial charge in [-0.2, -0.15) is 0 Å². The molecule has 5 heteroatoms. The lowest BCUT2D eigenvalue weighted by atomic mass is 9.90. The van der Waals surface area contributed by atoms with E-state index in [0.29, 0.717) is 12.3 Å². The molecule has 0 spiro atoms. The minimum Gasteiger partial charge on any atom is -0.326 e. The van der Waals surface area contributed by atoms with Crippen LogP contribution in [0.4, 0.5) is 11.4 Å². The van der Waals surface area contributed by atoms with Crippen LogP contribution >= 0.6 is 0 Å². The number of hydrazine groups is 2. The van der Waals surface area contributed by atoms with E-state index in [4.69, 9.17) is 0 Å². The van der Waals surface area contributed by atoms with Crippen molar-refractivity contribution in [3.8, 4) is 0 Å². The van der Waals surface area contributed by atoms with Gasteiger partial charge in [0.1, 0.15) is 0 Å². The molecule has 38 heavy (non-hydrogen) atoms. The van der Waals surface area contributed by atoms with Crippen LogP contribution in [-0.2, 0) is 11.2 Å². The van der Waals surface area contributed by atoms with Gasteiger partial charge in [-0.1, -0.05) is 67.4 Å². The Morgan fingerprint density at radius 1 is 0.842 bits per heavy atom. The van der Waals surface area contributed by atoms with Crippen molar-refractivity contribution in [2.24, 2.45) is 5.92 Å². The Kier molecular flexibility index (Phi) is 5.86. The normalized spacial score (nSPS) is 16.0. The summed E-state index contributed by atoms with van der Waals surface area (Å²) in [6, 6.07) is 27.9. The van der Waals surface area contributed by atoms with Gasteiger partial charge < -0.3 is 10.7 Å². The maximum Gasteiger partial charge on any atom is 0.224 e. The number of aryl methyl sites for hydroxylation is 1. The zero-order valence-electron chi connectivity index (χ0n) is 21.5. The Morgan fingerprint density at radius 2 is 1.55 bits per heavy atom. The number of rotatable bonds is 7. The minimum atomic E-state index is 0.0554. The van der Waals surface area contributed by atoms with Gasteiger partial charge in [-0.05, 0) is 87.8 Å². The van der Waals surface area contributed by atoms with E-state index >= 15 is 0 Å². The summed E-state index contributed by atoms with van der Waals surface area (Å²) in [6.45, 7) is 0. The van der Waals surface area contributed by atoms with Crippen molar-refractivity contribution in [1.82, 2.24) is 11.0 Å². The molecule has 0 aromatic heterocycles. The molecular formula is C33H32N4O. The quantitative estimate of drug-likeness (QED) is 0.204. The summed E-state index contributed by atoms with van der Waals surface area (Å²) in [5.41, 5.74) is 11.0. The zero-order chi connectivity index (χ0) is 25.5. The molecular weight excluding hydrogens is 468 g/mol. The molecule has 1 amide bonds. The SMILES string of the molecule is O=C(CCCc1ccc2ccc3cccc4ccc1c2c34)Nc1ccc(N2C=C(C3CCCC3)NN2)cc1. The average molecular weight is 501 g/mol. The van der Waals surface area contributed by atoms with Gasteiger partial charge in [-0.3, -0.25) is 9.80 Å². The van der Waals surface area contributed by atoms with Crippen LogP contribution in [0.25, 0.3) is 32.3 Å². The zero-order valence-corrected chi connectivity index (χ0v) is 21.5. The minimum absolute atomic E-state index is 0.0554. The Hall–Kier alpha value is -4.09. The fourth-order valence-corrected chi connectivity index (χ4v) is 6.29. The van der Waals surface area contributed by atoms with Crippen molar-refractivity contribution in [3.05, 3.63) is 96.3 Å². The number of hydrogen-bond donors (Lipinski definition) is 3. The van der Waals surface area contributed by atoms with Gasteiger partial charge in [0, 0.05) is 29.9 Å². The summed E-state index contributed by atoms with van der Waals surface area (Å²) in [6.07, 6.45) is 9.49. The van der Waals surface area contributed by atoms with Gasteiger partial charge in [-0.15, -0.1) is 5.53 Å². The van der Waals surface area contributed by atoms with Crippen molar-refractivity contribution in [2.75, 3.05) is 10.3 Å². The summed E-state index contributed by atoms with van der Waals surface area (Å²) in [4.78, 5) is 12.7. The van der Waals surface area contributed by atoms with Crippen LogP contribution in [0.5, 0.6) is 0 Å². The predicted octanol–water partition coefficient (Wildman–Crippen LogP) is 7.41. The molecule has 5 nitrogen and oxygen atoms in total. The highest BCUT2D eigenvalue weighted by atomic mass is 16.1. The first kappa shape index (κ1) is 23.1. The van der Waals surface area contributed by atoms with Crippen LogP contribution < -0.4 is 21.3 Å². The van der Waals surface area contributed by atoms with Crippen molar-refractivity contribution in [3.63, 3.8) is 0 Å². The molecule has 1 heterocycles. The number of nitrogens with one attached hydrogen (secondary N) is 3. The number of amides is 1. The first-order valence-corrected chi connectivity index (χ1v) is 13.8. The molecule has 7 rings (SSSR count). The van der Waals surface area contributed by atoms with Crippen LogP contribution in [0.3, 0.4) is 0 Å². The largest absolute Gasteiger partial charge is 0.326 e. The van der Waals surface area contributed by atoms with E-state index in [1.165, 1.54) is 69.3 Å². The second-order valence-electron chi connectivity index (χ2n) is 10.7.